The van der Waals surface area contributed by atoms with Crippen LogP contribution in [0.15, 0.2) is 16.1 Å². The van der Waals surface area contributed by atoms with Gasteiger partial charge in [-0.05, 0) is 38.6 Å². The second-order valence-electron chi connectivity index (χ2n) is 4.65. The molecule has 6 heteroatoms. The lowest BCUT2D eigenvalue weighted by Gasteiger charge is -2.12. The lowest BCUT2D eigenvalue weighted by Crippen LogP contribution is -2.07. The van der Waals surface area contributed by atoms with Crippen LogP contribution < -0.4 is 5.32 Å². The minimum atomic E-state index is 0.830. The van der Waals surface area contributed by atoms with Gasteiger partial charge in [0, 0.05) is 25.6 Å². The fourth-order valence-corrected chi connectivity index (χ4v) is 2.92. The van der Waals surface area contributed by atoms with Gasteiger partial charge in [-0.1, -0.05) is 6.92 Å². The van der Waals surface area contributed by atoms with E-state index in [-0.39, 0.29) is 0 Å². The smallest absolute Gasteiger partial charge is 0.133 e. The van der Waals surface area contributed by atoms with Crippen LogP contribution in [0, 0.1) is 13.8 Å². The number of hydrogen-bond donors (Lipinski definition) is 1. The standard InChI is InChI=1S/C14H21N5S/c1-6-11-16-13(15-7-2)10(4)14(17-11)20-12-8-9(3)18-19(12)5/h8H,6-7H2,1-5H3,(H,15,16,17). The summed E-state index contributed by atoms with van der Waals surface area (Å²) in [4.78, 5) is 9.20. The molecule has 0 radical (unpaired) electrons. The van der Waals surface area contributed by atoms with Crippen LogP contribution in [0.3, 0.4) is 0 Å². The molecule has 108 valence electrons. The molecule has 0 aromatic carbocycles. The first-order chi connectivity index (χ1) is 9.55. The van der Waals surface area contributed by atoms with Crippen LogP contribution in [0.25, 0.3) is 0 Å². The van der Waals surface area contributed by atoms with Gasteiger partial charge in [0.15, 0.2) is 0 Å². The maximum atomic E-state index is 4.65. The number of nitrogens with one attached hydrogen (secondary N) is 1. The molecule has 0 atom stereocenters. The first kappa shape index (κ1) is 14.8. The van der Waals surface area contributed by atoms with Crippen molar-refractivity contribution in [1.82, 2.24) is 19.7 Å². The van der Waals surface area contributed by atoms with Crippen LogP contribution in [0.2, 0.25) is 0 Å². The number of aryl methyl sites for hydroxylation is 3. The van der Waals surface area contributed by atoms with E-state index in [2.05, 4.69) is 47.2 Å². The number of nitrogens with zero attached hydrogens (tertiary/aromatic N) is 4. The van der Waals surface area contributed by atoms with Gasteiger partial charge in [-0.25, -0.2) is 9.97 Å². The van der Waals surface area contributed by atoms with E-state index in [9.17, 15) is 0 Å². The monoisotopic (exact) mass is 291 g/mol. The maximum absolute atomic E-state index is 4.65. The van der Waals surface area contributed by atoms with Gasteiger partial charge < -0.3 is 5.32 Å². The number of hydrogen-bond acceptors (Lipinski definition) is 5. The van der Waals surface area contributed by atoms with Crippen LogP contribution in [0.1, 0.15) is 30.9 Å². The van der Waals surface area contributed by atoms with Crippen molar-refractivity contribution in [3.63, 3.8) is 0 Å². The van der Waals surface area contributed by atoms with Crippen molar-refractivity contribution in [2.24, 2.45) is 7.05 Å². The number of anilines is 1. The van der Waals surface area contributed by atoms with Crippen molar-refractivity contribution in [2.45, 2.75) is 44.2 Å². The predicted molar refractivity (Wildman–Crippen MR) is 82.4 cm³/mol. The van der Waals surface area contributed by atoms with E-state index in [1.54, 1.807) is 11.8 Å². The van der Waals surface area contributed by atoms with E-state index in [0.717, 1.165) is 45.9 Å². The van der Waals surface area contributed by atoms with Crippen molar-refractivity contribution in [3.05, 3.63) is 23.1 Å². The Labute approximate surface area is 124 Å². The summed E-state index contributed by atoms with van der Waals surface area (Å²) in [5.74, 6) is 1.80. The normalized spacial score (nSPS) is 10.8. The van der Waals surface area contributed by atoms with Gasteiger partial charge in [0.2, 0.25) is 0 Å². The predicted octanol–water partition coefficient (Wildman–Crippen LogP) is 2.97. The van der Waals surface area contributed by atoms with E-state index in [1.165, 1.54) is 0 Å². The summed E-state index contributed by atoms with van der Waals surface area (Å²) in [5, 5.41) is 9.77. The average molecular weight is 291 g/mol. The summed E-state index contributed by atoms with van der Waals surface area (Å²) in [6.07, 6.45) is 0.830. The van der Waals surface area contributed by atoms with Gasteiger partial charge in [0.05, 0.1) is 5.69 Å². The summed E-state index contributed by atoms with van der Waals surface area (Å²) in [6.45, 7) is 9.06. The van der Waals surface area contributed by atoms with Gasteiger partial charge >= 0.3 is 0 Å². The molecular formula is C14H21N5S. The fourth-order valence-electron chi connectivity index (χ4n) is 1.92. The van der Waals surface area contributed by atoms with E-state index >= 15 is 0 Å². The van der Waals surface area contributed by atoms with Gasteiger partial charge in [-0.2, -0.15) is 5.10 Å². The van der Waals surface area contributed by atoms with Gasteiger partial charge in [-0.15, -0.1) is 0 Å². The summed E-state index contributed by atoms with van der Waals surface area (Å²) in [5.41, 5.74) is 2.11. The lowest BCUT2D eigenvalue weighted by molar-refractivity contribution is 0.691. The third-order valence-corrected chi connectivity index (χ3v) is 4.15. The van der Waals surface area contributed by atoms with Crippen molar-refractivity contribution in [3.8, 4) is 0 Å². The largest absolute Gasteiger partial charge is 0.370 e. The highest BCUT2D eigenvalue weighted by Crippen LogP contribution is 2.31. The first-order valence-corrected chi connectivity index (χ1v) is 7.66. The quantitative estimate of drug-likeness (QED) is 0.858. The topological polar surface area (TPSA) is 55.6 Å². The molecular weight excluding hydrogens is 270 g/mol. The molecule has 5 nitrogen and oxygen atoms in total. The molecule has 0 aliphatic heterocycles. The zero-order valence-electron chi connectivity index (χ0n) is 12.7. The molecule has 0 aliphatic rings. The molecule has 0 saturated carbocycles. The molecule has 20 heavy (non-hydrogen) atoms. The highest BCUT2D eigenvalue weighted by molar-refractivity contribution is 7.99. The molecule has 0 unspecified atom stereocenters. The molecule has 2 heterocycles. The highest BCUT2D eigenvalue weighted by atomic mass is 32.2. The Hall–Kier alpha value is -1.56. The third kappa shape index (κ3) is 3.12. The Morgan fingerprint density at radius 3 is 2.55 bits per heavy atom. The minimum Gasteiger partial charge on any atom is -0.370 e. The first-order valence-electron chi connectivity index (χ1n) is 6.85. The molecule has 2 rings (SSSR count). The van der Waals surface area contributed by atoms with Crippen molar-refractivity contribution < 1.29 is 0 Å². The van der Waals surface area contributed by atoms with Crippen LogP contribution in [-0.2, 0) is 13.5 Å². The summed E-state index contributed by atoms with van der Waals surface area (Å²) in [6, 6.07) is 2.07. The van der Waals surface area contributed by atoms with Crippen molar-refractivity contribution >= 4 is 17.6 Å². The Bertz CT molecular complexity index is 606. The number of rotatable bonds is 5. The van der Waals surface area contributed by atoms with E-state index in [1.807, 2.05) is 18.7 Å². The van der Waals surface area contributed by atoms with E-state index in [0.29, 0.717) is 0 Å². The zero-order valence-corrected chi connectivity index (χ0v) is 13.5. The third-order valence-electron chi connectivity index (χ3n) is 2.97. The lowest BCUT2D eigenvalue weighted by atomic mass is 10.3. The molecule has 0 bridgehead atoms. The van der Waals surface area contributed by atoms with Gasteiger partial charge in [-0.3, -0.25) is 4.68 Å². The Balaban J connectivity index is 2.39. The van der Waals surface area contributed by atoms with Crippen molar-refractivity contribution in [1.29, 1.82) is 0 Å². The highest BCUT2D eigenvalue weighted by Gasteiger charge is 2.13. The van der Waals surface area contributed by atoms with Gasteiger partial charge in [0.1, 0.15) is 21.7 Å². The van der Waals surface area contributed by atoms with E-state index < -0.39 is 0 Å². The molecule has 2 aromatic heterocycles. The second kappa shape index (κ2) is 6.26. The molecule has 0 fully saturated rings. The van der Waals surface area contributed by atoms with Crippen LogP contribution >= 0.6 is 11.8 Å². The zero-order chi connectivity index (χ0) is 14.7. The molecule has 1 N–H and O–H groups in total. The van der Waals surface area contributed by atoms with Crippen molar-refractivity contribution in [2.75, 3.05) is 11.9 Å². The number of aromatic nitrogens is 4. The van der Waals surface area contributed by atoms with E-state index in [4.69, 9.17) is 0 Å². The summed E-state index contributed by atoms with van der Waals surface area (Å²) < 4.78 is 1.89. The Morgan fingerprint density at radius 1 is 1.25 bits per heavy atom. The minimum absolute atomic E-state index is 0.830. The molecule has 0 aliphatic carbocycles. The Kier molecular flexibility index (Phi) is 4.65. The summed E-state index contributed by atoms with van der Waals surface area (Å²) in [7, 11) is 1.96. The maximum Gasteiger partial charge on any atom is 0.133 e. The molecule has 2 aromatic rings. The molecule has 0 spiro atoms. The molecule has 0 saturated heterocycles. The SMILES string of the molecule is CCNc1nc(CC)nc(Sc2cc(C)nn2C)c1C. The fraction of sp³-hybridized carbons (Fsp3) is 0.500. The van der Waals surface area contributed by atoms with Crippen LogP contribution in [0.4, 0.5) is 5.82 Å². The summed E-state index contributed by atoms with van der Waals surface area (Å²) >= 11 is 1.64. The average Bonchev–Trinajstić information content (AvgIpc) is 2.72. The Morgan fingerprint density at radius 2 is 2.00 bits per heavy atom. The van der Waals surface area contributed by atoms with Crippen LogP contribution in [-0.4, -0.2) is 26.3 Å². The second-order valence-corrected chi connectivity index (χ2v) is 5.66. The molecule has 0 amide bonds. The van der Waals surface area contributed by atoms with Gasteiger partial charge in [0.25, 0.3) is 0 Å². The van der Waals surface area contributed by atoms with Crippen LogP contribution in [0.5, 0.6) is 0 Å².